The Kier molecular flexibility index (Phi) is 5.01. The molecule has 0 spiro atoms. The van der Waals surface area contributed by atoms with Crippen molar-refractivity contribution in [2.45, 2.75) is 52.1 Å². The molecule has 2 N–H and O–H groups in total. The minimum Gasteiger partial charge on any atom is -0.461 e. The van der Waals surface area contributed by atoms with Crippen LogP contribution in [-0.2, 0) is 16.0 Å². The van der Waals surface area contributed by atoms with E-state index < -0.39 is 0 Å². The zero-order valence-electron chi connectivity index (χ0n) is 17.8. The zero-order valence-corrected chi connectivity index (χ0v) is 19.3. The van der Waals surface area contributed by atoms with Gasteiger partial charge in [-0.05, 0) is 48.9 Å². The Morgan fingerprint density at radius 2 is 1.97 bits per heavy atom. The molecule has 1 aromatic heterocycles. The number of thiazole rings is 1. The monoisotopic (exact) mass is 459 g/mol. The summed E-state index contributed by atoms with van der Waals surface area (Å²) in [6.45, 7) is 6.51. The fourth-order valence-corrected chi connectivity index (χ4v) is 7.31. The molecule has 164 valence electrons. The Bertz CT molecular complexity index is 1040. The average Bonchev–Trinajstić information content (AvgIpc) is 3.23. The number of ether oxygens (including phenoxy) is 1. The third kappa shape index (κ3) is 3.52. The van der Waals surface area contributed by atoms with Crippen LogP contribution in [0.4, 0.5) is 15.6 Å². The molecule has 2 aliphatic carbocycles. The van der Waals surface area contributed by atoms with E-state index in [0.29, 0.717) is 21.8 Å². The normalized spacial score (nSPS) is 33.7. The van der Waals surface area contributed by atoms with Gasteiger partial charge in [-0.3, -0.25) is 10.1 Å². The number of esters is 1. The first-order valence-electron chi connectivity index (χ1n) is 10.8. The Hall–Kier alpha value is -2.12. The molecule has 0 unspecified atom stereocenters. The van der Waals surface area contributed by atoms with Gasteiger partial charge in [0.2, 0.25) is 0 Å². The van der Waals surface area contributed by atoms with E-state index in [2.05, 4.69) is 24.5 Å². The molecule has 31 heavy (non-hydrogen) atoms. The van der Waals surface area contributed by atoms with E-state index >= 15 is 0 Å². The van der Waals surface area contributed by atoms with E-state index in [9.17, 15) is 9.59 Å². The number of carbonyl (C=O) groups excluding carboxylic acids is 2. The number of rotatable bonds is 2. The number of urea groups is 1. The fraction of sp³-hybridized carbons (Fsp3) is 0.522. The van der Waals surface area contributed by atoms with Crippen LogP contribution in [0.15, 0.2) is 24.3 Å². The van der Waals surface area contributed by atoms with Gasteiger partial charge in [-0.2, -0.15) is 0 Å². The third-order valence-electron chi connectivity index (χ3n) is 7.48. The smallest absolute Gasteiger partial charge is 0.325 e. The molecule has 1 aliphatic heterocycles. The number of nitrogens with zero attached hydrogens (tertiary/aromatic N) is 1. The number of anilines is 2. The summed E-state index contributed by atoms with van der Waals surface area (Å²) in [7, 11) is 0. The van der Waals surface area contributed by atoms with Crippen LogP contribution in [0.2, 0.25) is 5.02 Å². The van der Waals surface area contributed by atoms with Gasteiger partial charge in [-0.1, -0.05) is 32.4 Å². The lowest BCUT2D eigenvalue weighted by Crippen LogP contribution is -2.50. The second-order valence-corrected chi connectivity index (χ2v) is 11.0. The van der Waals surface area contributed by atoms with Crippen molar-refractivity contribution >= 4 is 45.8 Å². The van der Waals surface area contributed by atoms with Crippen molar-refractivity contribution in [3.63, 3.8) is 0 Å². The number of hydrogen-bond donors (Lipinski definition) is 2. The van der Waals surface area contributed by atoms with Crippen molar-refractivity contribution < 1.29 is 14.3 Å². The summed E-state index contributed by atoms with van der Waals surface area (Å²) in [4.78, 5) is 30.7. The maximum Gasteiger partial charge on any atom is 0.325 e. The van der Waals surface area contributed by atoms with Crippen molar-refractivity contribution in [2.75, 3.05) is 10.6 Å². The van der Waals surface area contributed by atoms with Gasteiger partial charge >= 0.3 is 12.0 Å². The Morgan fingerprint density at radius 1 is 1.23 bits per heavy atom. The molecule has 3 aliphatic rings. The van der Waals surface area contributed by atoms with Crippen molar-refractivity contribution in [3.8, 4) is 0 Å². The van der Waals surface area contributed by atoms with E-state index in [0.717, 1.165) is 25.0 Å². The summed E-state index contributed by atoms with van der Waals surface area (Å²) >= 11 is 7.45. The van der Waals surface area contributed by atoms with Crippen LogP contribution in [-0.4, -0.2) is 23.1 Å². The maximum absolute atomic E-state index is 12.5. The summed E-state index contributed by atoms with van der Waals surface area (Å²) in [6, 6.07) is 6.63. The van der Waals surface area contributed by atoms with Crippen LogP contribution in [0.1, 0.15) is 50.1 Å². The number of amides is 2. The summed E-state index contributed by atoms with van der Waals surface area (Å²) in [5.41, 5.74) is 1.77. The van der Waals surface area contributed by atoms with Gasteiger partial charge in [0.25, 0.3) is 0 Å². The minimum atomic E-state index is -0.330. The highest BCUT2D eigenvalue weighted by Gasteiger charge is 2.58. The van der Waals surface area contributed by atoms with E-state index in [4.69, 9.17) is 21.3 Å². The van der Waals surface area contributed by atoms with Crippen molar-refractivity contribution in [1.82, 2.24) is 4.98 Å². The highest BCUT2D eigenvalue weighted by atomic mass is 35.5. The number of benzene rings is 1. The Labute approximate surface area is 190 Å². The van der Waals surface area contributed by atoms with Crippen LogP contribution in [0.25, 0.3) is 0 Å². The Balaban J connectivity index is 1.36. The number of carbonyl (C=O) groups is 2. The van der Waals surface area contributed by atoms with Gasteiger partial charge in [0.05, 0.1) is 11.6 Å². The van der Waals surface area contributed by atoms with Crippen LogP contribution >= 0.6 is 22.9 Å². The van der Waals surface area contributed by atoms with Gasteiger partial charge in [-0.15, -0.1) is 11.3 Å². The molecule has 2 heterocycles. The lowest BCUT2D eigenvalue weighted by molar-refractivity contribution is -0.149. The first-order valence-corrected chi connectivity index (χ1v) is 12.0. The summed E-state index contributed by atoms with van der Waals surface area (Å²) in [5.74, 6) is 0.649. The van der Waals surface area contributed by atoms with Crippen LogP contribution in [0.5, 0.6) is 0 Å². The second-order valence-electron chi connectivity index (χ2n) is 9.45. The van der Waals surface area contributed by atoms with Gasteiger partial charge in [0, 0.05) is 33.3 Å². The van der Waals surface area contributed by atoms with E-state index in [1.807, 2.05) is 6.92 Å². The van der Waals surface area contributed by atoms with Crippen LogP contribution in [0, 0.1) is 23.2 Å². The summed E-state index contributed by atoms with van der Waals surface area (Å²) in [6.07, 6.45) is 2.99. The number of fused-ring (bicyclic) bond motifs is 4. The van der Waals surface area contributed by atoms with Gasteiger partial charge in [0.1, 0.15) is 6.10 Å². The predicted molar refractivity (Wildman–Crippen MR) is 122 cm³/mol. The van der Waals surface area contributed by atoms with Crippen molar-refractivity contribution in [2.24, 2.45) is 23.2 Å². The molecule has 1 saturated carbocycles. The van der Waals surface area contributed by atoms with E-state index in [1.54, 1.807) is 35.6 Å². The highest BCUT2D eigenvalue weighted by molar-refractivity contribution is 7.15. The molecule has 2 fully saturated rings. The highest BCUT2D eigenvalue weighted by Crippen LogP contribution is 2.59. The van der Waals surface area contributed by atoms with E-state index in [1.165, 1.54) is 4.88 Å². The van der Waals surface area contributed by atoms with Crippen LogP contribution in [0.3, 0.4) is 0 Å². The molecule has 6 nitrogen and oxygen atoms in total. The lowest BCUT2D eigenvalue weighted by Gasteiger charge is -2.51. The molecule has 1 aromatic carbocycles. The molecule has 8 heteroatoms. The molecule has 2 aromatic rings. The molecular formula is C23H26ClN3O3S. The van der Waals surface area contributed by atoms with E-state index in [-0.39, 0.29) is 41.3 Å². The van der Waals surface area contributed by atoms with Gasteiger partial charge in [0.15, 0.2) is 5.13 Å². The number of aromatic nitrogens is 1. The minimum absolute atomic E-state index is 0.0210. The SMILES string of the molecule is C[C@@H]1C(=O)O[C@H]2[C@H]1CC[C@]1(C)Cc3sc(NC(=O)Nc4ccc(Cl)cc4)nc3[C@@H](C)[C@H]21. The third-order valence-corrected chi connectivity index (χ3v) is 8.72. The summed E-state index contributed by atoms with van der Waals surface area (Å²) in [5, 5.41) is 6.90. The lowest BCUT2D eigenvalue weighted by atomic mass is 9.54. The van der Waals surface area contributed by atoms with Gasteiger partial charge < -0.3 is 10.1 Å². The quantitative estimate of drug-likeness (QED) is 0.565. The molecule has 0 bridgehead atoms. The zero-order chi connectivity index (χ0) is 21.9. The number of hydrogen-bond acceptors (Lipinski definition) is 5. The van der Waals surface area contributed by atoms with Crippen molar-refractivity contribution in [3.05, 3.63) is 39.9 Å². The van der Waals surface area contributed by atoms with Crippen LogP contribution < -0.4 is 10.6 Å². The predicted octanol–water partition coefficient (Wildman–Crippen LogP) is 5.69. The fourth-order valence-electron chi connectivity index (χ4n) is 5.92. The summed E-state index contributed by atoms with van der Waals surface area (Å²) < 4.78 is 5.89. The number of nitrogens with one attached hydrogen (secondary N) is 2. The maximum atomic E-state index is 12.5. The van der Waals surface area contributed by atoms with Gasteiger partial charge in [-0.25, -0.2) is 9.78 Å². The molecule has 6 atom stereocenters. The molecule has 1 saturated heterocycles. The average molecular weight is 460 g/mol. The first kappa shape index (κ1) is 20.8. The molecular weight excluding hydrogens is 434 g/mol. The molecule has 5 rings (SSSR count). The molecule has 0 radical (unpaired) electrons. The van der Waals surface area contributed by atoms with Crippen molar-refractivity contribution in [1.29, 1.82) is 0 Å². The largest absolute Gasteiger partial charge is 0.461 e. The molecule has 2 amide bonds. The Morgan fingerprint density at radius 3 is 2.71 bits per heavy atom. The topological polar surface area (TPSA) is 80.3 Å². The second kappa shape index (κ2) is 7.48. The first-order chi connectivity index (χ1) is 14.7. The standard InChI is InChI=1S/C23H26ClN3O3S/c1-11-15-8-9-23(3)10-16-18(12(2)17(23)19(15)30-20(11)28)26-22(31-16)27-21(29)25-14-6-4-13(24)5-7-14/h4-7,11-12,15,17,19H,8-10H2,1-3H3,(H2,25,26,27,29)/t11-,12-,15-,17+,19-,23+/m0/s1. The number of halogens is 1.